The van der Waals surface area contributed by atoms with Gasteiger partial charge in [0.05, 0.1) is 12.6 Å². The van der Waals surface area contributed by atoms with E-state index in [1.165, 1.54) is 0 Å². The summed E-state index contributed by atoms with van der Waals surface area (Å²) in [4.78, 5) is 11.2. The van der Waals surface area contributed by atoms with Crippen LogP contribution in [0.15, 0.2) is 0 Å². The largest absolute Gasteiger partial charge is 0.394 e. The van der Waals surface area contributed by atoms with Crippen LogP contribution in [0.4, 0.5) is 0 Å². The van der Waals surface area contributed by atoms with Crippen LogP contribution < -0.4 is 5.32 Å². The summed E-state index contributed by atoms with van der Waals surface area (Å²) in [5.74, 6) is 2.54. The second kappa shape index (κ2) is 6.50. The Kier molecular flexibility index (Phi) is 5.99. The molecule has 74 valence electrons. The van der Waals surface area contributed by atoms with Gasteiger partial charge in [-0.2, -0.15) is 0 Å². The number of carbonyl (C=O) groups is 1. The average Bonchev–Trinajstić information content (AvgIpc) is 2.10. The van der Waals surface area contributed by atoms with Crippen LogP contribution in [0.3, 0.4) is 0 Å². The van der Waals surface area contributed by atoms with Crippen LogP contribution >= 0.6 is 0 Å². The Morgan fingerprint density at radius 2 is 2.23 bits per heavy atom. The predicted molar refractivity (Wildman–Crippen MR) is 51.9 cm³/mol. The van der Waals surface area contributed by atoms with Gasteiger partial charge in [-0.05, 0) is 5.92 Å². The topological polar surface area (TPSA) is 49.3 Å². The molecule has 0 saturated carbocycles. The summed E-state index contributed by atoms with van der Waals surface area (Å²) in [6, 6.07) is -0.162. The van der Waals surface area contributed by atoms with Gasteiger partial charge in [-0.25, -0.2) is 0 Å². The standard InChI is InChI=1S/C10H17NO2/c1-4-5-6-10(13)11-9(7-12)8(2)3/h1,8-9,12H,5-7H2,2-3H3,(H,11,13). The van der Waals surface area contributed by atoms with Crippen molar-refractivity contribution in [2.45, 2.75) is 32.7 Å². The van der Waals surface area contributed by atoms with E-state index in [0.717, 1.165) is 0 Å². The number of terminal acetylenes is 1. The zero-order valence-corrected chi connectivity index (χ0v) is 8.21. The zero-order valence-electron chi connectivity index (χ0n) is 8.21. The summed E-state index contributed by atoms with van der Waals surface area (Å²) in [6.07, 6.45) is 5.80. The fraction of sp³-hybridized carbons (Fsp3) is 0.700. The number of amides is 1. The molecule has 0 bridgehead atoms. The van der Waals surface area contributed by atoms with E-state index in [9.17, 15) is 4.79 Å². The number of aliphatic hydroxyl groups is 1. The molecule has 0 aliphatic rings. The van der Waals surface area contributed by atoms with Gasteiger partial charge in [-0.3, -0.25) is 4.79 Å². The molecule has 0 fully saturated rings. The second-order valence-corrected chi connectivity index (χ2v) is 3.30. The molecular formula is C10H17NO2. The highest BCUT2D eigenvalue weighted by molar-refractivity contribution is 5.76. The third-order valence-electron chi connectivity index (χ3n) is 1.84. The molecule has 13 heavy (non-hydrogen) atoms. The molecule has 0 heterocycles. The second-order valence-electron chi connectivity index (χ2n) is 3.30. The van der Waals surface area contributed by atoms with Crippen LogP contribution in [-0.2, 0) is 4.79 Å². The molecule has 0 radical (unpaired) electrons. The normalized spacial score (nSPS) is 12.2. The van der Waals surface area contributed by atoms with Gasteiger partial charge >= 0.3 is 0 Å². The number of nitrogens with one attached hydrogen (secondary N) is 1. The lowest BCUT2D eigenvalue weighted by Gasteiger charge is -2.19. The smallest absolute Gasteiger partial charge is 0.221 e. The summed E-state index contributed by atoms with van der Waals surface area (Å²) < 4.78 is 0. The van der Waals surface area contributed by atoms with E-state index >= 15 is 0 Å². The van der Waals surface area contributed by atoms with Gasteiger partial charge < -0.3 is 10.4 Å². The molecule has 1 atom stereocenters. The highest BCUT2D eigenvalue weighted by Gasteiger charge is 2.13. The minimum absolute atomic E-state index is 0.0283. The number of carbonyl (C=O) groups excluding carboxylic acids is 1. The van der Waals surface area contributed by atoms with Crippen molar-refractivity contribution in [3.05, 3.63) is 0 Å². The van der Waals surface area contributed by atoms with Gasteiger partial charge in [0, 0.05) is 12.8 Å². The van der Waals surface area contributed by atoms with E-state index in [2.05, 4.69) is 11.2 Å². The van der Waals surface area contributed by atoms with Crippen LogP contribution in [0.5, 0.6) is 0 Å². The third kappa shape index (κ3) is 5.26. The molecule has 1 amide bonds. The number of hydrogen-bond acceptors (Lipinski definition) is 2. The number of aliphatic hydroxyl groups excluding tert-OH is 1. The van der Waals surface area contributed by atoms with Crippen molar-refractivity contribution in [2.75, 3.05) is 6.61 Å². The van der Waals surface area contributed by atoms with E-state index in [0.29, 0.717) is 12.8 Å². The zero-order chi connectivity index (χ0) is 10.3. The lowest BCUT2D eigenvalue weighted by molar-refractivity contribution is -0.122. The van der Waals surface area contributed by atoms with E-state index in [4.69, 9.17) is 11.5 Å². The molecule has 2 N–H and O–H groups in total. The lowest BCUT2D eigenvalue weighted by Crippen LogP contribution is -2.40. The van der Waals surface area contributed by atoms with Crippen molar-refractivity contribution in [1.29, 1.82) is 0 Å². The molecule has 3 heteroatoms. The predicted octanol–water partition coefficient (Wildman–Crippen LogP) is 0.533. The molecule has 0 aromatic rings. The highest BCUT2D eigenvalue weighted by Crippen LogP contribution is 2.00. The van der Waals surface area contributed by atoms with Crippen molar-refractivity contribution >= 4 is 5.91 Å². The fourth-order valence-corrected chi connectivity index (χ4v) is 0.888. The molecule has 0 aliphatic carbocycles. The van der Waals surface area contributed by atoms with E-state index in [-0.39, 0.29) is 24.5 Å². The molecule has 0 aliphatic heterocycles. The van der Waals surface area contributed by atoms with E-state index in [1.807, 2.05) is 13.8 Å². The number of hydrogen-bond donors (Lipinski definition) is 2. The number of rotatable bonds is 5. The summed E-state index contributed by atoms with van der Waals surface area (Å²) >= 11 is 0. The van der Waals surface area contributed by atoms with Crippen molar-refractivity contribution in [2.24, 2.45) is 5.92 Å². The molecule has 0 aromatic heterocycles. The summed E-state index contributed by atoms with van der Waals surface area (Å²) in [6.45, 7) is 3.87. The molecular weight excluding hydrogens is 166 g/mol. The van der Waals surface area contributed by atoms with Crippen LogP contribution in [0.1, 0.15) is 26.7 Å². The Bertz CT molecular complexity index is 194. The summed E-state index contributed by atoms with van der Waals surface area (Å²) in [7, 11) is 0. The minimum atomic E-state index is -0.162. The van der Waals surface area contributed by atoms with Gasteiger partial charge in [0.2, 0.25) is 5.91 Å². The van der Waals surface area contributed by atoms with Crippen LogP contribution in [0.2, 0.25) is 0 Å². The van der Waals surface area contributed by atoms with Gasteiger partial charge in [0.25, 0.3) is 0 Å². The molecule has 3 nitrogen and oxygen atoms in total. The third-order valence-corrected chi connectivity index (χ3v) is 1.84. The maximum absolute atomic E-state index is 11.2. The molecule has 0 saturated heterocycles. The SMILES string of the molecule is C#CCCC(=O)NC(CO)C(C)C. The van der Waals surface area contributed by atoms with Gasteiger partial charge in [-0.1, -0.05) is 13.8 Å². The first-order valence-corrected chi connectivity index (χ1v) is 4.45. The Balaban J connectivity index is 3.81. The Hall–Kier alpha value is -1.01. The van der Waals surface area contributed by atoms with Crippen LogP contribution in [-0.4, -0.2) is 23.7 Å². The maximum Gasteiger partial charge on any atom is 0.221 e. The first-order chi connectivity index (χ1) is 6.11. The minimum Gasteiger partial charge on any atom is -0.394 e. The van der Waals surface area contributed by atoms with Crippen molar-refractivity contribution in [1.82, 2.24) is 5.32 Å². The van der Waals surface area contributed by atoms with Crippen LogP contribution in [0, 0.1) is 18.3 Å². The molecule has 0 spiro atoms. The molecule has 0 aromatic carbocycles. The van der Waals surface area contributed by atoms with Gasteiger partial charge in [0.15, 0.2) is 0 Å². The summed E-state index contributed by atoms with van der Waals surface area (Å²) in [5.41, 5.74) is 0. The quantitative estimate of drug-likeness (QED) is 0.611. The Morgan fingerprint density at radius 1 is 1.62 bits per heavy atom. The van der Waals surface area contributed by atoms with Crippen molar-refractivity contribution < 1.29 is 9.90 Å². The van der Waals surface area contributed by atoms with Crippen molar-refractivity contribution in [3.63, 3.8) is 0 Å². The van der Waals surface area contributed by atoms with Crippen LogP contribution in [0.25, 0.3) is 0 Å². The fourth-order valence-electron chi connectivity index (χ4n) is 0.888. The lowest BCUT2D eigenvalue weighted by atomic mass is 10.1. The van der Waals surface area contributed by atoms with Gasteiger partial charge in [-0.15, -0.1) is 12.3 Å². The average molecular weight is 183 g/mol. The Labute approximate surface area is 79.5 Å². The molecule has 1 unspecified atom stereocenters. The van der Waals surface area contributed by atoms with Gasteiger partial charge in [0.1, 0.15) is 0 Å². The monoisotopic (exact) mass is 183 g/mol. The summed E-state index contributed by atoms with van der Waals surface area (Å²) in [5, 5.41) is 11.6. The van der Waals surface area contributed by atoms with Crippen molar-refractivity contribution in [3.8, 4) is 12.3 Å². The Morgan fingerprint density at radius 3 is 2.62 bits per heavy atom. The maximum atomic E-state index is 11.2. The first kappa shape index (κ1) is 12.0. The first-order valence-electron chi connectivity index (χ1n) is 4.45. The highest BCUT2D eigenvalue weighted by atomic mass is 16.3. The van der Waals surface area contributed by atoms with E-state index in [1.54, 1.807) is 0 Å². The van der Waals surface area contributed by atoms with E-state index < -0.39 is 0 Å². The molecule has 0 rings (SSSR count).